The number of aromatic nitrogens is 2. The van der Waals surface area contributed by atoms with E-state index in [2.05, 4.69) is 22.8 Å². The number of para-hydroxylation sites is 1. The van der Waals surface area contributed by atoms with Gasteiger partial charge in [-0.3, -0.25) is 0 Å². The number of nitrogens with zero attached hydrogens (tertiary/aromatic N) is 2. The van der Waals surface area contributed by atoms with Gasteiger partial charge in [0, 0.05) is 16.6 Å². The summed E-state index contributed by atoms with van der Waals surface area (Å²) >= 11 is 1.86. The highest BCUT2D eigenvalue weighted by atomic mass is 32.1. The summed E-state index contributed by atoms with van der Waals surface area (Å²) in [6.45, 7) is 0. The molecule has 2 aromatic heterocycles. The predicted molar refractivity (Wildman–Crippen MR) is 110 cm³/mol. The zero-order chi connectivity index (χ0) is 17.3. The Labute approximate surface area is 158 Å². The fraction of sp³-hybridized carbons (Fsp3) is 0.429. The van der Waals surface area contributed by atoms with Crippen LogP contribution in [0.5, 0.6) is 0 Å². The fourth-order valence-corrected chi connectivity index (χ4v) is 5.51. The highest BCUT2D eigenvalue weighted by Crippen LogP contribution is 2.40. The van der Waals surface area contributed by atoms with Crippen LogP contribution in [0, 0.1) is 0 Å². The van der Waals surface area contributed by atoms with Crippen LogP contribution < -0.4 is 10.6 Å². The molecule has 1 saturated carbocycles. The van der Waals surface area contributed by atoms with Crippen molar-refractivity contribution in [3.05, 3.63) is 40.8 Å². The summed E-state index contributed by atoms with van der Waals surface area (Å²) in [6.07, 6.45) is 10.1. The van der Waals surface area contributed by atoms with E-state index in [0.717, 1.165) is 16.3 Å². The molecule has 2 N–H and O–H groups in total. The van der Waals surface area contributed by atoms with Crippen LogP contribution in [0.25, 0.3) is 10.2 Å². The van der Waals surface area contributed by atoms with Gasteiger partial charge in [0.25, 0.3) is 0 Å². The quantitative estimate of drug-likeness (QED) is 0.626. The van der Waals surface area contributed by atoms with Crippen molar-refractivity contribution in [3.8, 4) is 0 Å². The summed E-state index contributed by atoms with van der Waals surface area (Å²) in [5.74, 6) is 1.74. The van der Waals surface area contributed by atoms with Gasteiger partial charge in [0.2, 0.25) is 5.95 Å². The third-order valence-electron chi connectivity index (χ3n) is 5.54. The molecule has 0 aliphatic heterocycles. The van der Waals surface area contributed by atoms with E-state index in [1.807, 2.05) is 29.5 Å². The molecule has 0 spiro atoms. The minimum atomic E-state index is 0.545. The van der Waals surface area contributed by atoms with Crippen molar-refractivity contribution in [2.75, 3.05) is 10.6 Å². The molecule has 5 heteroatoms. The van der Waals surface area contributed by atoms with Crippen LogP contribution in [0.3, 0.4) is 0 Å². The van der Waals surface area contributed by atoms with Crippen molar-refractivity contribution in [1.29, 1.82) is 0 Å². The highest BCUT2D eigenvalue weighted by Gasteiger charge is 2.24. The lowest BCUT2D eigenvalue weighted by Gasteiger charge is -2.24. The zero-order valence-electron chi connectivity index (χ0n) is 14.9. The van der Waals surface area contributed by atoms with Crippen LogP contribution in [0.2, 0.25) is 0 Å². The minimum Gasteiger partial charge on any atom is -0.367 e. The molecular formula is C21H24N4S. The Morgan fingerprint density at radius 3 is 2.62 bits per heavy atom. The molecule has 0 atom stereocenters. The summed E-state index contributed by atoms with van der Waals surface area (Å²) in [6, 6.07) is 10.7. The largest absolute Gasteiger partial charge is 0.367 e. The minimum absolute atomic E-state index is 0.545. The molecule has 134 valence electrons. The normalized spacial score (nSPS) is 17.4. The van der Waals surface area contributed by atoms with E-state index in [4.69, 9.17) is 9.97 Å². The van der Waals surface area contributed by atoms with Crippen LogP contribution in [0.1, 0.15) is 49.0 Å². The van der Waals surface area contributed by atoms with E-state index in [0.29, 0.717) is 12.0 Å². The molecule has 2 heterocycles. The third-order valence-corrected chi connectivity index (χ3v) is 6.73. The summed E-state index contributed by atoms with van der Waals surface area (Å²) in [7, 11) is 0. The van der Waals surface area contributed by atoms with Crippen molar-refractivity contribution in [3.63, 3.8) is 0 Å². The lowest BCUT2D eigenvalue weighted by Crippen LogP contribution is -2.23. The van der Waals surface area contributed by atoms with Gasteiger partial charge in [0.15, 0.2) is 0 Å². The molecule has 5 rings (SSSR count). The van der Waals surface area contributed by atoms with E-state index in [1.165, 1.54) is 67.2 Å². The SMILES string of the molecule is c1ccc(Nc2nc(NC3CCCCC3)c3c4c(sc3n2)CCC4)cc1. The van der Waals surface area contributed by atoms with E-state index in [-0.39, 0.29) is 0 Å². The molecule has 0 unspecified atom stereocenters. The van der Waals surface area contributed by atoms with Crippen LogP contribution in [-0.2, 0) is 12.8 Å². The predicted octanol–water partition coefficient (Wildman–Crippen LogP) is 5.67. The van der Waals surface area contributed by atoms with E-state index >= 15 is 0 Å². The molecule has 0 radical (unpaired) electrons. The summed E-state index contributed by atoms with van der Waals surface area (Å²) < 4.78 is 0. The number of hydrogen-bond donors (Lipinski definition) is 2. The van der Waals surface area contributed by atoms with Crippen LogP contribution in [0.15, 0.2) is 30.3 Å². The van der Waals surface area contributed by atoms with Crippen molar-refractivity contribution in [1.82, 2.24) is 9.97 Å². The first-order chi connectivity index (χ1) is 12.9. The van der Waals surface area contributed by atoms with Crippen molar-refractivity contribution < 1.29 is 0 Å². The van der Waals surface area contributed by atoms with E-state index in [9.17, 15) is 0 Å². The number of benzene rings is 1. The Balaban J connectivity index is 1.55. The Bertz CT molecular complexity index is 913. The maximum atomic E-state index is 4.91. The lowest BCUT2D eigenvalue weighted by molar-refractivity contribution is 0.462. The summed E-state index contributed by atoms with van der Waals surface area (Å²) in [5.41, 5.74) is 2.52. The van der Waals surface area contributed by atoms with Gasteiger partial charge in [0.05, 0.1) is 5.39 Å². The molecular weight excluding hydrogens is 340 g/mol. The van der Waals surface area contributed by atoms with Crippen molar-refractivity contribution >= 4 is 39.0 Å². The van der Waals surface area contributed by atoms with Gasteiger partial charge in [-0.2, -0.15) is 4.98 Å². The van der Waals surface area contributed by atoms with Gasteiger partial charge in [-0.05, 0) is 49.8 Å². The molecule has 1 aromatic carbocycles. The smallest absolute Gasteiger partial charge is 0.230 e. The maximum absolute atomic E-state index is 4.91. The Morgan fingerprint density at radius 1 is 0.923 bits per heavy atom. The van der Waals surface area contributed by atoms with E-state index < -0.39 is 0 Å². The molecule has 26 heavy (non-hydrogen) atoms. The second-order valence-electron chi connectivity index (χ2n) is 7.40. The van der Waals surface area contributed by atoms with Gasteiger partial charge in [0.1, 0.15) is 10.6 Å². The fourth-order valence-electron chi connectivity index (χ4n) is 4.25. The molecule has 0 amide bonds. The first kappa shape index (κ1) is 16.1. The highest BCUT2D eigenvalue weighted by molar-refractivity contribution is 7.19. The average molecular weight is 365 g/mol. The van der Waals surface area contributed by atoms with Gasteiger partial charge in [-0.15, -0.1) is 11.3 Å². The average Bonchev–Trinajstić information content (AvgIpc) is 3.24. The standard InChI is InChI=1S/C21H24N4S/c1-3-8-14(9-4-1)22-19-18-16-12-7-13-17(16)26-20(18)25-21(24-19)23-15-10-5-2-6-11-15/h2,5-6,10-11,14H,1,3-4,7-9,12-13H2,(H2,22,23,24,25). The molecule has 4 nitrogen and oxygen atoms in total. The molecule has 1 fully saturated rings. The molecule has 0 saturated heterocycles. The second-order valence-corrected chi connectivity index (χ2v) is 8.49. The Morgan fingerprint density at radius 2 is 1.77 bits per heavy atom. The third kappa shape index (κ3) is 3.05. The number of hydrogen-bond acceptors (Lipinski definition) is 5. The number of thiophene rings is 1. The van der Waals surface area contributed by atoms with Crippen LogP contribution in [-0.4, -0.2) is 16.0 Å². The van der Waals surface area contributed by atoms with Crippen molar-refractivity contribution in [2.24, 2.45) is 0 Å². The number of nitrogens with one attached hydrogen (secondary N) is 2. The summed E-state index contributed by atoms with van der Waals surface area (Å²) in [5, 5.41) is 8.45. The second kappa shape index (κ2) is 6.88. The number of aryl methyl sites for hydroxylation is 2. The first-order valence-corrected chi connectivity index (χ1v) is 10.6. The Kier molecular flexibility index (Phi) is 4.25. The van der Waals surface area contributed by atoms with Gasteiger partial charge >= 0.3 is 0 Å². The molecule has 3 aromatic rings. The monoisotopic (exact) mass is 364 g/mol. The van der Waals surface area contributed by atoms with Crippen LogP contribution >= 0.6 is 11.3 Å². The zero-order valence-corrected chi connectivity index (χ0v) is 15.7. The lowest BCUT2D eigenvalue weighted by atomic mass is 9.95. The molecule has 0 bridgehead atoms. The topological polar surface area (TPSA) is 49.8 Å². The number of rotatable bonds is 4. The van der Waals surface area contributed by atoms with Crippen LogP contribution in [0.4, 0.5) is 17.5 Å². The van der Waals surface area contributed by atoms with Gasteiger partial charge < -0.3 is 10.6 Å². The van der Waals surface area contributed by atoms with Crippen molar-refractivity contribution in [2.45, 2.75) is 57.4 Å². The number of anilines is 3. The Hall–Kier alpha value is -2.14. The summed E-state index contributed by atoms with van der Waals surface area (Å²) in [4.78, 5) is 12.4. The number of fused-ring (bicyclic) bond motifs is 3. The molecule has 2 aliphatic carbocycles. The first-order valence-electron chi connectivity index (χ1n) is 9.78. The molecule has 2 aliphatic rings. The van der Waals surface area contributed by atoms with Gasteiger partial charge in [-0.25, -0.2) is 4.98 Å². The van der Waals surface area contributed by atoms with E-state index in [1.54, 1.807) is 0 Å². The van der Waals surface area contributed by atoms with Gasteiger partial charge in [-0.1, -0.05) is 37.5 Å². The maximum Gasteiger partial charge on any atom is 0.230 e.